The number of anilines is 1. The molecule has 18 heavy (non-hydrogen) atoms. The Morgan fingerprint density at radius 3 is 2.94 bits per heavy atom. The number of amides is 1. The molecule has 1 fully saturated rings. The Bertz CT molecular complexity index is 445. The topological polar surface area (TPSA) is 41.4 Å². The van der Waals surface area contributed by atoms with Crippen LogP contribution < -0.4 is 4.90 Å². The molecule has 2 rings (SSSR count). The molecule has 0 spiro atoms. The van der Waals surface area contributed by atoms with E-state index >= 15 is 0 Å². The van der Waals surface area contributed by atoms with Crippen molar-refractivity contribution in [2.24, 2.45) is 7.05 Å². The molecule has 0 unspecified atom stereocenters. The summed E-state index contributed by atoms with van der Waals surface area (Å²) in [5.41, 5.74) is 0. The number of nitrogens with zero attached hydrogens (tertiary/aromatic N) is 4. The normalized spacial score (nSPS) is 19.3. The summed E-state index contributed by atoms with van der Waals surface area (Å²) in [5.74, 6) is 1.23. The van der Waals surface area contributed by atoms with Gasteiger partial charge in [-0.25, -0.2) is 0 Å². The minimum Gasteiger partial charge on any atom is -0.352 e. The van der Waals surface area contributed by atoms with Crippen molar-refractivity contribution < 1.29 is 4.79 Å². The van der Waals surface area contributed by atoms with Crippen LogP contribution in [0.25, 0.3) is 0 Å². The quantitative estimate of drug-likeness (QED) is 0.851. The largest absolute Gasteiger partial charge is 0.352 e. The summed E-state index contributed by atoms with van der Waals surface area (Å²) >= 11 is 3.40. The van der Waals surface area contributed by atoms with Crippen LogP contribution in [0.15, 0.2) is 10.7 Å². The Hall–Kier alpha value is -1.04. The average molecular weight is 315 g/mol. The van der Waals surface area contributed by atoms with Crippen LogP contribution in [0.2, 0.25) is 0 Å². The molecule has 5 nitrogen and oxygen atoms in total. The molecule has 6 heteroatoms. The molecule has 1 saturated heterocycles. The molecule has 1 aromatic heterocycles. The minimum atomic E-state index is 0.119. The Balaban J connectivity index is 2.12. The van der Waals surface area contributed by atoms with E-state index < -0.39 is 0 Å². The second kappa shape index (κ2) is 5.30. The molecular formula is C12H19BrN4O. The number of aromatic nitrogens is 2. The number of halogens is 1. The molecule has 1 aromatic rings. The smallest absolute Gasteiger partial charge is 0.219 e. The zero-order valence-electron chi connectivity index (χ0n) is 11.1. The number of carbonyl (C=O) groups is 1. The van der Waals surface area contributed by atoms with E-state index in [0.29, 0.717) is 6.04 Å². The molecule has 2 heterocycles. The van der Waals surface area contributed by atoms with Crippen molar-refractivity contribution >= 4 is 27.7 Å². The molecule has 0 radical (unpaired) electrons. The van der Waals surface area contributed by atoms with Gasteiger partial charge >= 0.3 is 0 Å². The van der Waals surface area contributed by atoms with Crippen molar-refractivity contribution in [3.05, 3.63) is 10.7 Å². The number of carbonyl (C=O) groups excluding carboxylic acids is 1. The highest BCUT2D eigenvalue weighted by Gasteiger charge is 2.28. The zero-order valence-corrected chi connectivity index (χ0v) is 12.6. The predicted octanol–water partition coefficient (Wildman–Crippen LogP) is 1.63. The Morgan fingerprint density at radius 1 is 1.67 bits per heavy atom. The van der Waals surface area contributed by atoms with Gasteiger partial charge in [0.15, 0.2) is 0 Å². The standard InChI is InChI=1S/C12H19BrN4O/c1-9(18)15(2)8-10-5-4-6-17(10)12-7-11(13)14-16(12)3/h7,10H,4-6,8H2,1-3H3/t10-/m1/s1. The van der Waals surface area contributed by atoms with Crippen LogP contribution >= 0.6 is 15.9 Å². The number of hydrogen-bond acceptors (Lipinski definition) is 3. The average Bonchev–Trinajstić information content (AvgIpc) is 2.85. The van der Waals surface area contributed by atoms with Gasteiger partial charge in [0, 0.05) is 46.2 Å². The molecule has 0 N–H and O–H groups in total. The number of aryl methyl sites for hydroxylation is 1. The van der Waals surface area contributed by atoms with Gasteiger partial charge in [-0.15, -0.1) is 0 Å². The molecule has 0 bridgehead atoms. The van der Waals surface area contributed by atoms with Gasteiger partial charge in [0.25, 0.3) is 0 Å². The summed E-state index contributed by atoms with van der Waals surface area (Å²) in [5, 5.41) is 4.32. The summed E-state index contributed by atoms with van der Waals surface area (Å²) in [4.78, 5) is 15.5. The lowest BCUT2D eigenvalue weighted by molar-refractivity contribution is -0.127. The highest BCUT2D eigenvalue weighted by Crippen LogP contribution is 2.27. The van der Waals surface area contributed by atoms with Crippen molar-refractivity contribution in [1.82, 2.24) is 14.7 Å². The zero-order chi connectivity index (χ0) is 13.3. The van der Waals surface area contributed by atoms with E-state index in [9.17, 15) is 4.79 Å². The predicted molar refractivity (Wildman–Crippen MR) is 74.6 cm³/mol. The summed E-state index contributed by atoms with van der Waals surface area (Å²) < 4.78 is 2.74. The highest BCUT2D eigenvalue weighted by atomic mass is 79.9. The molecule has 100 valence electrons. The van der Waals surface area contributed by atoms with Gasteiger partial charge in [-0.05, 0) is 28.8 Å². The third-order valence-corrected chi connectivity index (χ3v) is 3.91. The molecule has 1 aliphatic rings. The molecule has 1 aliphatic heterocycles. The van der Waals surface area contributed by atoms with Gasteiger partial charge in [-0.2, -0.15) is 5.10 Å². The Labute approximate surface area is 116 Å². The first-order chi connectivity index (χ1) is 8.49. The molecule has 0 aromatic carbocycles. The lowest BCUT2D eigenvalue weighted by Crippen LogP contribution is -2.41. The van der Waals surface area contributed by atoms with Crippen molar-refractivity contribution in [1.29, 1.82) is 0 Å². The summed E-state index contributed by atoms with van der Waals surface area (Å²) in [6.07, 6.45) is 2.29. The van der Waals surface area contributed by atoms with E-state index in [1.165, 1.54) is 6.42 Å². The highest BCUT2D eigenvalue weighted by molar-refractivity contribution is 9.10. The number of rotatable bonds is 3. The van der Waals surface area contributed by atoms with Crippen LogP contribution in [0, 0.1) is 0 Å². The molecular weight excluding hydrogens is 296 g/mol. The maximum absolute atomic E-state index is 11.3. The fourth-order valence-electron chi connectivity index (χ4n) is 2.46. The first kappa shape index (κ1) is 13.4. The van der Waals surface area contributed by atoms with E-state index in [2.05, 4.69) is 25.9 Å². The molecule has 1 atom stereocenters. The third-order valence-electron chi connectivity index (χ3n) is 3.52. The second-order valence-corrected chi connectivity index (χ2v) is 5.65. The number of likely N-dealkylation sites (N-methyl/N-ethyl adjacent to an activating group) is 1. The lowest BCUT2D eigenvalue weighted by Gasteiger charge is -2.29. The monoisotopic (exact) mass is 314 g/mol. The van der Waals surface area contributed by atoms with Crippen molar-refractivity contribution in [2.75, 3.05) is 25.0 Å². The van der Waals surface area contributed by atoms with Crippen LogP contribution in [0.3, 0.4) is 0 Å². The van der Waals surface area contributed by atoms with E-state index in [4.69, 9.17) is 0 Å². The van der Waals surface area contributed by atoms with Gasteiger partial charge in [0.1, 0.15) is 10.4 Å². The first-order valence-corrected chi connectivity index (χ1v) is 6.96. The molecule has 1 amide bonds. The van der Waals surface area contributed by atoms with Gasteiger partial charge < -0.3 is 9.80 Å². The Morgan fingerprint density at radius 2 is 2.39 bits per heavy atom. The summed E-state index contributed by atoms with van der Waals surface area (Å²) in [7, 11) is 3.81. The first-order valence-electron chi connectivity index (χ1n) is 6.17. The van der Waals surface area contributed by atoms with Crippen LogP contribution in [-0.4, -0.2) is 46.8 Å². The van der Waals surface area contributed by atoms with E-state index in [1.807, 2.05) is 24.8 Å². The maximum atomic E-state index is 11.3. The second-order valence-electron chi connectivity index (χ2n) is 4.84. The van der Waals surface area contributed by atoms with Gasteiger partial charge in [-0.1, -0.05) is 0 Å². The van der Waals surface area contributed by atoms with E-state index in [-0.39, 0.29) is 5.91 Å². The Kier molecular flexibility index (Phi) is 3.94. The SMILES string of the molecule is CC(=O)N(C)C[C@H]1CCCN1c1cc(Br)nn1C. The van der Waals surface area contributed by atoms with Crippen molar-refractivity contribution in [2.45, 2.75) is 25.8 Å². The van der Waals surface area contributed by atoms with Crippen molar-refractivity contribution in [3.8, 4) is 0 Å². The van der Waals surface area contributed by atoms with E-state index in [1.54, 1.807) is 11.8 Å². The maximum Gasteiger partial charge on any atom is 0.219 e. The minimum absolute atomic E-state index is 0.119. The third kappa shape index (κ3) is 2.68. The van der Waals surface area contributed by atoms with Crippen LogP contribution in [0.1, 0.15) is 19.8 Å². The van der Waals surface area contributed by atoms with Gasteiger partial charge in [-0.3, -0.25) is 9.48 Å². The molecule has 0 saturated carbocycles. The van der Waals surface area contributed by atoms with Crippen LogP contribution in [0.5, 0.6) is 0 Å². The van der Waals surface area contributed by atoms with E-state index in [0.717, 1.165) is 29.9 Å². The lowest BCUT2D eigenvalue weighted by atomic mass is 10.2. The number of hydrogen-bond donors (Lipinski definition) is 0. The summed E-state index contributed by atoms with van der Waals surface area (Å²) in [6, 6.07) is 2.42. The van der Waals surface area contributed by atoms with Crippen LogP contribution in [-0.2, 0) is 11.8 Å². The van der Waals surface area contributed by atoms with Gasteiger partial charge in [0.2, 0.25) is 5.91 Å². The van der Waals surface area contributed by atoms with Crippen molar-refractivity contribution in [3.63, 3.8) is 0 Å². The fraction of sp³-hybridized carbons (Fsp3) is 0.667. The van der Waals surface area contributed by atoms with Gasteiger partial charge in [0.05, 0.1) is 0 Å². The summed E-state index contributed by atoms with van der Waals surface area (Å²) in [6.45, 7) is 3.42. The van der Waals surface area contributed by atoms with Crippen LogP contribution in [0.4, 0.5) is 5.82 Å². The fourth-order valence-corrected chi connectivity index (χ4v) is 2.91. The molecule has 0 aliphatic carbocycles.